The average Bonchev–Trinajstić information content (AvgIpc) is 2.61. The van der Waals surface area contributed by atoms with Crippen LogP contribution in [-0.4, -0.2) is 31.8 Å². The highest BCUT2D eigenvalue weighted by molar-refractivity contribution is 5.81. The van der Waals surface area contributed by atoms with E-state index in [1.165, 1.54) is 0 Å². The lowest BCUT2D eigenvalue weighted by molar-refractivity contribution is -0.128. The van der Waals surface area contributed by atoms with E-state index in [-0.39, 0.29) is 11.9 Å². The number of para-hydroxylation sites is 3. The predicted octanol–water partition coefficient (Wildman–Crippen LogP) is 3.35. The molecule has 2 rings (SSSR count). The summed E-state index contributed by atoms with van der Waals surface area (Å²) in [6.07, 6.45) is -0.641. The van der Waals surface area contributed by atoms with E-state index in [9.17, 15) is 4.79 Å². The van der Waals surface area contributed by atoms with Crippen LogP contribution in [0.25, 0.3) is 0 Å². The second kappa shape index (κ2) is 8.97. The molecule has 0 aliphatic rings. The first-order valence-corrected chi connectivity index (χ1v) is 8.29. The second-order valence-corrected chi connectivity index (χ2v) is 5.90. The zero-order chi connectivity index (χ0) is 18.2. The normalized spacial score (nSPS) is 12.8. The maximum atomic E-state index is 12.3. The molecule has 0 radical (unpaired) electrons. The number of hydrogen-bond acceptors (Lipinski definition) is 4. The summed E-state index contributed by atoms with van der Waals surface area (Å²) in [5.41, 5.74) is 1.06. The average molecular weight is 343 g/mol. The van der Waals surface area contributed by atoms with E-state index in [4.69, 9.17) is 14.2 Å². The van der Waals surface area contributed by atoms with Crippen molar-refractivity contribution in [3.63, 3.8) is 0 Å². The van der Waals surface area contributed by atoms with Crippen molar-refractivity contribution in [2.24, 2.45) is 0 Å². The lowest BCUT2D eigenvalue weighted by Gasteiger charge is -2.20. The topological polar surface area (TPSA) is 56.8 Å². The second-order valence-electron chi connectivity index (χ2n) is 5.90. The molecule has 0 spiro atoms. The molecular formula is C20H25NO4. The van der Waals surface area contributed by atoms with E-state index in [0.717, 1.165) is 11.3 Å². The number of amides is 1. The van der Waals surface area contributed by atoms with Gasteiger partial charge >= 0.3 is 0 Å². The molecule has 1 N–H and O–H groups in total. The molecule has 5 nitrogen and oxygen atoms in total. The van der Waals surface area contributed by atoms with Gasteiger partial charge in [0.15, 0.2) is 17.6 Å². The number of aryl methyl sites for hydroxylation is 1. The van der Waals surface area contributed by atoms with Gasteiger partial charge in [-0.1, -0.05) is 30.3 Å². The van der Waals surface area contributed by atoms with Crippen molar-refractivity contribution < 1.29 is 19.0 Å². The Bertz CT molecular complexity index is 702. The third-order valence-electron chi connectivity index (χ3n) is 3.71. The fraction of sp³-hybridized carbons (Fsp3) is 0.350. The van der Waals surface area contributed by atoms with Gasteiger partial charge in [0, 0.05) is 0 Å². The summed E-state index contributed by atoms with van der Waals surface area (Å²) in [4.78, 5) is 12.3. The Morgan fingerprint density at radius 3 is 2.24 bits per heavy atom. The number of ether oxygens (including phenoxy) is 3. The molecule has 0 unspecified atom stereocenters. The predicted molar refractivity (Wildman–Crippen MR) is 97.4 cm³/mol. The minimum absolute atomic E-state index is 0.143. The van der Waals surface area contributed by atoms with Crippen LogP contribution >= 0.6 is 0 Å². The molecule has 0 heterocycles. The first-order valence-electron chi connectivity index (χ1n) is 8.29. The molecule has 2 atom stereocenters. The number of carbonyl (C=O) groups is 1. The molecular weight excluding hydrogens is 318 g/mol. The summed E-state index contributed by atoms with van der Waals surface area (Å²) in [7, 11) is 1.57. The van der Waals surface area contributed by atoms with Crippen molar-refractivity contribution >= 4 is 5.91 Å². The molecule has 0 aromatic heterocycles. The van der Waals surface area contributed by atoms with Crippen molar-refractivity contribution in [3.05, 3.63) is 54.1 Å². The summed E-state index contributed by atoms with van der Waals surface area (Å²) in [6.45, 7) is 5.97. The first kappa shape index (κ1) is 18.6. The molecule has 0 bridgehead atoms. The first-order chi connectivity index (χ1) is 12.0. The van der Waals surface area contributed by atoms with Crippen LogP contribution in [-0.2, 0) is 4.79 Å². The summed E-state index contributed by atoms with van der Waals surface area (Å²) in [5, 5.41) is 2.90. The Balaban J connectivity index is 1.84. The SMILES string of the molecule is COc1ccccc1O[C@@H](C)C(=O)N[C@H](C)COc1ccccc1C. The zero-order valence-corrected chi connectivity index (χ0v) is 15.1. The number of methoxy groups -OCH3 is 1. The van der Waals surface area contributed by atoms with E-state index >= 15 is 0 Å². The number of hydrogen-bond donors (Lipinski definition) is 1. The van der Waals surface area contributed by atoms with Crippen molar-refractivity contribution in [3.8, 4) is 17.2 Å². The minimum atomic E-state index is -0.641. The summed E-state index contributed by atoms with van der Waals surface area (Å²) < 4.78 is 16.7. The minimum Gasteiger partial charge on any atom is -0.493 e. The fourth-order valence-corrected chi connectivity index (χ4v) is 2.30. The molecule has 5 heteroatoms. The Kier molecular flexibility index (Phi) is 6.69. The van der Waals surface area contributed by atoms with Crippen LogP contribution in [0.1, 0.15) is 19.4 Å². The summed E-state index contributed by atoms with van der Waals surface area (Å²) >= 11 is 0. The van der Waals surface area contributed by atoms with Crippen LogP contribution < -0.4 is 19.5 Å². The molecule has 134 valence electrons. The Labute approximate surface area is 148 Å². The standard InChI is InChI=1S/C20H25NO4/c1-14-9-5-6-10-17(14)24-13-15(2)21-20(22)16(3)25-19-12-8-7-11-18(19)23-4/h5-12,15-16H,13H2,1-4H3,(H,21,22)/t15-,16+/m1/s1. The van der Waals surface area contributed by atoms with Gasteiger partial charge in [-0.15, -0.1) is 0 Å². The van der Waals surface area contributed by atoms with Crippen LogP contribution in [0.3, 0.4) is 0 Å². The molecule has 25 heavy (non-hydrogen) atoms. The van der Waals surface area contributed by atoms with Gasteiger partial charge in [-0.2, -0.15) is 0 Å². The quantitative estimate of drug-likeness (QED) is 0.798. The summed E-state index contributed by atoms with van der Waals surface area (Å²) in [5.74, 6) is 1.75. The molecule has 1 amide bonds. The van der Waals surface area contributed by atoms with E-state index in [0.29, 0.717) is 18.1 Å². The number of benzene rings is 2. The van der Waals surface area contributed by atoms with Gasteiger partial charge in [-0.05, 0) is 44.5 Å². The van der Waals surface area contributed by atoms with Crippen LogP contribution in [0.15, 0.2) is 48.5 Å². The Morgan fingerprint density at radius 2 is 1.60 bits per heavy atom. The highest BCUT2D eigenvalue weighted by Gasteiger charge is 2.18. The fourth-order valence-electron chi connectivity index (χ4n) is 2.30. The van der Waals surface area contributed by atoms with Crippen molar-refractivity contribution in [1.29, 1.82) is 0 Å². The molecule has 2 aromatic carbocycles. The van der Waals surface area contributed by atoms with Gasteiger partial charge in [-0.25, -0.2) is 0 Å². The van der Waals surface area contributed by atoms with Crippen LogP contribution in [0.5, 0.6) is 17.2 Å². The van der Waals surface area contributed by atoms with E-state index < -0.39 is 6.10 Å². The zero-order valence-electron chi connectivity index (χ0n) is 15.1. The molecule has 0 aliphatic carbocycles. The Hall–Kier alpha value is -2.69. The maximum Gasteiger partial charge on any atom is 0.261 e. The number of carbonyl (C=O) groups excluding carboxylic acids is 1. The van der Waals surface area contributed by atoms with Gasteiger partial charge in [-0.3, -0.25) is 4.79 Å². The lowest BCUT2D eigenvalue weighted by Crippen LogP contribution is -2.43. The third-order valence-corrected chi connectivity index (χ3v) is 3.71. The summed E-state index contributed by atoms with van der Waals surface area (Å²) in [6, 6.07) is 14.9. The molecule has 0 fully saturated rings. The van der Waals surface area contributed by atoms with Crippen molar-refractivity contribution in [2.45, 2.75) is 32.9 Å². The Morgan fingerprint density at radius 1 is 1.00 bits per heavy atom. The van der Waals surface area contributed by atoms with Gasteiger partial charge in [0.25, 0.3) is 5.91 Å². The molecule has 2 aromatic rings. The molecule has 0 saturated heterocycles. The van der Waals surface area contributed by atoms with E-state index in [1.54, 1.807) is 26.2 Å². The third kappa shape index (κ3) is 5.41. The highest BCUT2D eigenvalue weighted by Crippen LogP contribution is 2.26. The number of nitrogens with one attached hydrogen (secondary N) is 1. The van der Waals surface area contributed by atoms with Gasteiger partial charge < -0.3 is 19.5 Å². The lowest BCUT2D eigenvalue weighted by atomic mass is 10.2. The smallest absolute Gasteiger partial charge is 0.261 e. The van der Waals surface area contributed by atoms with Gasteiger partial charge in [0.1, 0.15) is 12.4 Å². The van der Waals surface area contributed by atoms with Crippen molar-refractivity contribution in [2.75, 3.05) is 13.7 Å². The van der Waals surface area contributed by atoms with Gasteiger partial charge in [0.05, 0.1) is 13.2 Å². The van der Waals surface area contributed by atoms with E-state index in [1.807, 2.05) is 50.2 Å². The van der Waals surface area contributed by atoms with Gasteiger partial charge in [0.2, 0.25) is 0 Å². The van der Waals surface area contributed by atoms with E-state index in [2.05, 4.69) is 5.32 Å². The highest BCUT2D eigenvalue weighted by atomic mass is 16.5. The molecule has 0 aliphatic heterocycles. The van der Waals surface area contributed by atoms with Crippen LogP contribution in [0, 0.1) is 6.92 Å². The van der Waals surface area contributed by atoms with Crippen LogP contribution in [0.4, 0.5) is 0 Å². The number of rotatable bonds is 8. The molecule has 0 saturated carbocycles. The maximum absolute atomic E-state index is 12.3. The largest absolute Gasteiger partial charge is 0.493 e. The monoisotopic (exact) mass is 343 g/mol. The van der Waals surface area contributed by atoms with Crippen LogP contribution in [0.2, 0.25) is 0 Å². The van der Waals surface area contributed by atoms with Crippen molar-refractivity contribution in [1.82, 2.24) is 5.32 Å².